The topological polar surface area (TPSA) is 43.9 Å². The molecule has 0 aliphatic carbocycles. The third-order valence-corrected chi connectivity index (χ3v) is 5.17. The van der Waals surface area contributed by atoms with E-state index in [1.165, 1.54) is 5.56 Å². The Bertz CT molecular complexity index is 983. The molecule has 26 heavy (non-hydrogen) atoms. The first-order chi connectivity index (χ1) is 12.8. The molecule has 4 aromatic rings. The van der Waals surface area contributed by atoms with Gasteiger partial charge >= 0.3 is 0 Å². The second-order valence-corrected chi connectivity index (χ2v) is 7.15. The van der Waals surface area contributed by atoms with Crippen molar-refractivity contribution in [2.45, 2.75) is 17.5 Å². The maximum Gasteiger partial charge on any atom is 0.200 e. The number of hydrogen-bond donors (Lipinski definition) is 0. The maximum atomic E-state index is 6.08. The lowest BCUT2D eigenvalue weighted by Crippen LogP contribution is -2.03. The second kappa shape index (κ2) is 7.81. The van der Waals surface area contributed by atoms with E-state index >= 15 is 0 Å². The number of benzene rings is 2. The summed E-state index contributed by atoms with van der Waals surface area (Å²) in [6.07, 6.45) is 1.65. The van der Waals surface area contributed by atoms with E-state index in [-0.39, 0.29) is 0 Å². The average molecular weight is 382 g/mol. The predicted octanol–water partition coefficient (Wildman–Crippen LogP) is 5.53. The monoisotopic (exact) mass is 381 g/mol. The molecular formula is C20H16ClN3OS. The van der Waals surface area contributed by atoms with Crippen molar-refractivity contribution in [1.29, 1.82) is 0 Å². The van der Waals surface area contributed by atoms with Gasteiger partial charge in [0.25, 0.3) is 0 Å². The first-order valence-electron chi connectivity index (χ1n) is 8.18. The van der Waals surface area contributed by atoms with Crippen molar-refractivity contribution >= 4 is 23.4 Å². The quantitative estimate of drug-likeness (QED) is 0.412. The number of furan rings is 1. The Morgan fingerprint density at radius 2 is 1.77 bits per heavy atom. The first kappa shape index (κ1) is 16.9. The Labute approximate surface area is 160 Å². The van der Waals surface area contributed by atoms with Gasteiger partial charge in [0.1, 0.15) is 0 Å². The molecule has 130 valence electrons. The molecule has 0 saturated carbocycles. The first-order valence-corrected chi connectivity index (χ1v) is 9.54. The van der Waals surface area contributed by atoms with Gasteiger partial charge in [0.05, 0.1) is 12.8 Å². The number of hydrogen-bond acceptors (Lipinski definition) is 4. The van der Waals surface area contributed by atoms with Crippen molar-refractivity contribution in [3.63, 3.8) is 0 Å². The molecular weight excluding hydrogens is 366 g/mol. The van der Waals surface area contributed by atoms with Crippen molar-refractivity contribution in [1.82, 2.24) is 14.8 Å². The molecule has 0 saturated heterocycles. The summed E-state index contributed by atoms with van der Waals surface area (Å²) in [6, 6.07) is 21.9. The summed E-state index contributed by atoms with van der Waals surface area (Å²) in [6.45, 7) is 0.682. The molecule has 0 fully saturated rings. The summed E-state index contributed by atoms with van der Waals surface area (Å²) in [4.78, 5) is 0. The van der Waals surface area contributed by atoms with Crippen molar-refractivity contribution in [3.8, 4) is 11.6 Å². The van der Waals surface area contributed by atoms with E-state index in [2.05, 4.69) is 33.0 Å². The minimum absolute atomic E-state index is 0.682. The molecule has 0 aliphatic rings. The molecule has 0 atom stereocenters. The van der Waals surface area contributed by atoms with Gasteiger partial charge in [0, 0.05) is 10.8 Å². The van der Waals surface area contributed by atoms with Gasteiger partial charge < -0.3 is 4.42 Å². The standard InChI is InChI=1S/C20H16ClN3OS/c21-17-9-4-8-16(12-17)14-26-20-23-22-19(18-10-5-11-25-18)24(20)13-15-6-2-1-3-7-15/h1-12H,13-14H2. The van der Waals surface area contributed by atoms with Gasteiger partial charge in [0.2, 0.25) is 5.82 Å². The molecule has 0 unspecified atom stereocenters. The van der Waals surface area contributed by atoms with E-state index in [4.69, 9.17) is 16.0 Å². The fourth-order valence-corrected chi connectivity index (χ4v) is 3.76. The van der Waals surface area contributed by atoms with Crippen LogP contribution >= 0.6 is 23.4 Å². The minimum atomic E-state index is 0.682. The van der Waals surface area contributed by atoms with Crippen LogP contribution in [-0.4, -0.2) is 14.8 Å². The molecule has 4 rings (SSSR count). The Morgan fingerprint density at radius 3 is 2.54 bits per heavy atom. The van der Waals surface area contributed by atoms with E-state index in [0.717, 1.165) is 27.3 Å². The highest BCUT2D eigenvalue weighted by molar-refractivity contribution is 7.98. The Morgan fingerprint density at radius 1 is 0.923 bits per heavy atom. The normalized spacial score (nSPS) is 11.0. The largest absolute Gasteiger partial charge is 0.461 e. The van der Waals surface area contributed by atoms with Crippen LogP contribution < -0.4 is 0 Å². The fourth-order valence-electron chi connectivity index (χ4n) is 2.67. The van der Waals surface area contributed by atoms with Crippen molar-refractivity contribution < 1.29 is 4.42 Å². The zero-order valence-corrected chi connectivity index (χ0v) is 15.5. The molecule has 4 nitrogen and oxygen atoms in total. The highest BCUT2D eigenvalue weighted by atomic mass is 35.5. The third kappa shape index (κ3) is 3.84. The molecule has 0 bridgehead atoms. The van der Waals surface area contributed by atoms with Crippen LogP contribution in [0.3, 0.4) is 0 Å². The summed E-state index contributed by atoms with van der Waals surface area (Å²) >= 11 is 7.72. The lowest BCUT2D eigenvalue weighted by atomic mass is 10.2. The van der Waals surface area contributed by atoms with E-state index in [1.54, 1.807) is 18.0 Å². The van der Waals surface area contributed by atoms with Gasteiger partial charge in [-0.2, -0.15) is 0 Å². The summed E-state index contributed by atoms with van der Waals surface area (Å²) in [5, 5.41) is 10.3. The smallest absolute Gasteiger partial charge is 0.200 e. The molecule has 2 heterocycles. The molecule has 0 N–H and O–H groups in total. The zero-order valence-electron chi connectivity index (χ0n) is 13.9. The summed E-state index contributed by atoms with van der Waals surface area (Å²) in [5.74, 6) is 2.21. The molecule has 6 heteroatoms. The molecule has 0 amide bonds. The average Bonchev–Trinajstić information content (AvgIpc) is 3.31. The van der Waals surface area contributed by atoms with E-state index in [0.29, 0.717) is 12.3 Å². The van der Waals surface area contributed by atoms with Crippen LogP contribution in [0, 0.1) is 0 Å². The van der Waals surface area contributed by atoms with Crippen LogP contribution in [0.1, 0.15) is 11.1 Å². The fraction of sp³-hybridized carbons (Fsp3) is 0.100. The van der Waals surface area contributed by atoms with E-state index in [1.807, 2.05) is 48.5 Å². The lowest BCUT2D eigenvalue weighted by Gasteiger charge is -2.09. The summed E-state index contributed by atoms with van der Waals surface area (Å²) in [7, 11) is 0. The number of rotatable bonds is 6. The molecule has 0 radical (unpaired) electrons. The summed E-state index contributed by atoms with van der Waals surface area (Å²) in [5.41, 5.74) is 2.33. The van der Waals surface area contributed by atoms with Gasteiger partial charge in [0.15, 0.2) is 10.9 Å². The Kier molecular flexibility index (Phi) is 5.09. The Balaban J connectivity index is 1.63. The summed E-state index contributed by atoms with van der Waals surface area (Å²) < 4.78 is 7.63. The maximum absolute atomic E-state index is 6.08. The third-order valence-electron chi connectivity index (χ3n) is 3.90. The highest BCUT2D eigenvalue weighted by Gasteiger charge is 2.16. The van der Waals surface area contributed by atoms with Crippen LogP contribution in [0.15, 0.2) is 82.6 Å². The van der Waals surface area contributed by atoms with Gasteiger partial charge in [-0.25, -0.2) is 0 Å². The number of aromatic nitrogens is 3. The van der Waals surface area contributed by atoms with E-state index < -0.39 is 0 Å². The SMILES string of the molecule is Clc1cccc(CSc2nnc(-c3ccco3)n2Cc2ccccc2)c1. The highest BCUT2D eigenvalue weighted by Crippen LogP contribution is 2.28. The van der Waals surface area contributed by atoms with Crippen LogP contribution in [-0.2, 0) is 12.3 Å². The van der Waals surface area contributed by atoms with Gasteiger partial charge in [-0.15, -0.1) is 10.2 Å². The number of thioether (sulfide) groups is 1. The van der Waals surface area contributed by atoms with Gasteiger partial charge in [-0.3, -0.25) is 4.57 Å². The van der Waals surface area contributed by atoms with Gasteiger partial charge in [-0.1, -0.05) is 65.8 Å². The number of nitrogens with zero attached hydrogens (tertiary/aromatic N) is 3. The van der Waals surface area contributed by atoms with E-state index in [9.17, 15) is 0 Å². The molecule has 0 aliphatic heterocycles. The van der Waals surface area contributed by atoms with Crippen molar-refractivity contribution in [3.05, 3.63) is 89.1 Å². The predicted molar refractivity (Wildman–Crippen MR) is 104 cm³/mol. The van der Waals surface area contributed by atoms with Crippen LogP contribution in [0.5, 0.6) is 0 Å². The minimum Gasteiger partial charge on any atom is -0.461 e. The van der Waals surface area contributed by atoms with Crippen LogP contribution in [0.2, 0.25) is 5.02 Å². The molecule has 2 aromatic heterocycles. The molecule has 0 spiro atoms. The Hall–Kier alpha value is -2.50. The zero-order chi connectivity index (χ0) is 17.8. The van der Waals surface area contributed by atoms with Crippen LogP contribution in [0.25, 0.3) is 11.6 Å². The number of halogens is 1. The van der Waals surface area contributed by atoms with Crippen molar-refractivity contribution in [2.75, 3.05) is 0 Å². The van der Waals surface area contributed by atoms with Gasteiger partial charge in [-0.05, 0) is 35.4 Å². The van der Waals surface area contributed by atoms with Crippen molar-refractivity contribution in [2.24, 2.45) is 0 Å². The second-order valence-electron chi connectivity index (χ2n) is 5.77. The molecule has 2 aromatic carbocycles. The lowest BCUT2D eigenvalue weighted by molar-refractivity contribution is 0.569. The van der Waals surface area contributed by atoms with Crippen LogP contribution in [0.4, 0.5) is 0 Å².